The average molecular weight is 259 g/mol. The first kappa shape index (κ1) is 13.4. The Morgan fingerprint density at radius 1 is 1.17 bits per heavy atom. The van der Waals surface area contributed by atoms with Crippen molar-refractivity contribution in [1.82, 2.24) is 0 Å². The predicted molar refractivity (Wildman–Crippen MR) is 61.4 cm³/mol. The van der Waals surface area contributed by atoms with Gasteiger partial charge < -0.3 is 10.5 Å². The van der Waals surface area contributed by atoms with Crippen molar-refractivity contribution in [1.29, 1.82) is 0 Å². The second-order valence-electron chi connectivity index (χ2n) is 4.70. The summed E-state index contributed by atoms with van der Waals surface area (Å²) < 4.78 is 44.2. The van der Waals surface area contributed by atoms with E-state index in [1.165, 1.54) is 0 Å². The third kappa shape index (κ3) is 3.03. The van der Waals surface area contributed by atoms with E-state index in [0.717, 1.165) is 25.0 Å². The van der Waals surface area contributed by atoms with E-state index in [1.807, 2.05) is 0 Å². The van der Waals surface area contributed by atoms with Crippen LogP contribution < -0.4 is 5.73 Å². The Labute approximate surface area is 104 Å². The Balaban J connectivity index is 2.06. The molecule has 1 aromatic carbocycles. The average Bonchev–Trinajstić information content (AvgIpc) is 2.36. The number of hydrogen-bond acceptors (Lipinski definition) is 2. The number of nitrogens with two attached hydrogens (primary N) is 1. The van der Waals surface area contributed by atoms with Gasteiger partial charge in [0.25, 0.3) is 0 Å². The standard InChI is InChI=1S/C13H16F3NO/c14-10-6-9(7-11(15)13(10)16)12(17)5-8-1-3-18-4-2-8/h6-8,12H,1-5,17H2. The summed E-state index contributed by atoms with van der Waals surface area (Å²) in [5, 5.41) is 0. The molecule has 1 aromatic rings. The Morgan fingerprint density at radius 3 is 2.28 bits per heavy atom. The van der Waals surface area contributed by atoms with Crippen molar-refractivity contribution in [3.8, 4) is 0 Å². The Bertz CT molecular complexity index is 396. The molecule has 1 heterocycles. The van der Waals surface area contributed by atoms with Gasteiger partial charge in [-0.1, -0.05) is 0 Å². The van der Waals surface area contributed by atoms with Crippen LogP contribution in [0.4, 0.5) is 13.2 Å². The molecular formula is C13H16F3NO. The lowest BCUT2D eigenvalue weighted by molar-refractivity contribution is 0.0618. The van der Waals surface area contributed by atoms with Crippen LogP contribution in [0, 0.1) is 23.4 Å². The summed E-state index contributed by atoms with van der Waals surface area (Å²) >= 11 is 0. The van der Waals surface area contributed by atoms with Crippen molar-refractivity contribution in [2.75, 3.05) is 13.2 Å². The molecule has 1 aliphatic rings. The molecule has 2 N–H and O–H groups in total. The van der Waals surface area contributed by atoms with Gasteiger partial charge >= 0.3 is 0 Å². The fraction of sp³-hybridized carbons (Fsp3) is 0.538. The summed E-state index contributed by atoms with van der Waals surface area (Å²) in [6.07, 6.45) is 2.44. The minimum atomic E-state index is -1.45. The monoisotopic (exact) mass is 259 g/mol. The number of rotatable bonds is 3. The van der Waals surface area contributed by atoms with Crippen LogP contribution in [0.3, 0.4) is 0 Å². The summed E-state index contributed by atoms with van der Waals surface area (Å²) in [6, 6.07) is 1.47. The van der Waals surface area contributed by atoms with Gasteiger partial charge in [-0.25, -0.2) is 13.2 Å². The lowest BCUT2D eigenvalue weighted by Crippen LogP contribution is -2.21. The zero-order chi connectivity index (χ0) is 13.1. The van der Waals surface area contributed by atoms with Crippen molar-refractivity contribution < 1.29 is 17.9 Å². The largest absolute Gasteiger partial charge is 0.381 e. The molecule has 1 aliphatic heterocycles. The first-order valence-electron chi connectivity index (χ1n) is 6.05. The second kappa shape index (κ2) is 5.71. The van der Waals surface area contributed by atoms with E-state index in [-0.39, 0.29) is 0 Å². The highest BCUT2D eigenvalue weighted by atomic mass is 19.2. The van der Waals surface area contributed by atoms with Gasteiger partial charge in [-0.05, 0) is 42.9 Å². The van der Waals surface area contributed by atoms with E-state index in [0.29, 0.717) is 31.1 Å². The van der Waals surface area contributed by atoms with Crippen molar-refractivity contribution in [2.24, 2.45) is 11.7 Å². The molecular weight excluding hydrogens is 243 g/mol. The van der Waals surface area contributed by atoms with Crippen LogP contribution in [-0.2, 0) is 4.74 Å². The van der Waals surface area contributed by atoms with E-state index in [2.05, 4.69) is 0 Å². The highest BCUT2D eigenvalue weighted by Crippen LogP contribution is 2.27. The minimum Gasteiger partial charge on any atom is -0.381 e. The van der Waals surface area contributed by atoms with Gasteiger partial charge in [0, 0.05) is 19.3 Å². The second-order valence-corrected chi connectivity index (χ2v) is 4.70. The fourth-order valence-corrected chi connectivity index (χ4v) is 2.27. The van der Waals surface area contributed by atoms with Crippen LogP contribution in [0.2, 0.25) is 0 Å². The van der Waals surface area contributed by atoms with Gasteiger partial charge in [0.1, 0.15) is 0 Å². The summed E-state index contributed by atoms with van der Waals surface area (Å²) in [6.45, 7) is 1.40. The predicted octanol–water partition coefficient (Wildman–Crippen LogP) is 2.92. The molecule has 0 amide bonds. The zero-order valence-corrected chi connectivity index (χ0v) is 9.96. The van der Waals surface area contributed by atoms with Crippen LogP contribution in [0.1, 0.15) is 30.9 Å². The molecule has 1 atom stereocenters. The third-order valence-electron chi connectivity index (χ3n) is 3.36. The molecule has 0 aliphatic carbocycles. The van der Waals surface area contributed by atoms with Gasteiger partial charge in [0.15, 0.2) is 17.5 Å². The van der Waals surface area contributed by atoms with E-state index in [1.54, 1.807) is 0 Å². The van der Waals surface area contributed by atoms with Gasteiger partial charge in [-0.2, -0.15) is 0 Å². The molecule has 0 bridgehead atoms. The van der Waals surface area contributed by atoms with Crippen LogP contribution in [0.5, 0.6) is 0 Å². The molecule has 2 nitrogen and oxygen atoms in total. The number of hydrogen-bond donors (Lipinski definition) is 1. The molecule has 1 unspecified atom stereocenters. The van der Waals surface area contributed by atoms with Crippen molar-refractivity contribution in [3.63, 3.8) is 0 Å². The van der Waals surface area contributed by atoms with Gasteiger partial charge in [-0.3, -0.25) is 0 Å². The SMILES string of the molecule is NC(CC1CCOCC1)c1cc(F)c(F)c(F)c1. The Hall–Kier alpha value is -1.07. The molecule has 1 fully saturated rings. The molecule has 0 saturated carbocycles. The summed E-state index contributed by atoms with van der Waals surface area (Å²) in [5.74, 6) is -3.43. The Morgan fingerprint density at radius 2 is 1.72 bits per heavy atom. The lowest BCUT2D eigenvalue weighted by atomic mass is 9.90. The first-order valence-corrected chi connectivity index (χ1v) is 6.05. The molecule has 0 radical (unpaired) electrons. The van der Waals surface area contributed by atoms with Crippen molar-refractivity contribution in [3.05, 3.63) is 35.1 Å². The fourth-order valence-electron chi connectivity index (χ4n) is 2.27. The van der Waals surface area contributed by atoms with Crippen molar-refractivity contribution >= 4 is 0 Å². The molecule has 100 valence electrons. The van der Waals surface area contributed by atoms with Crippen LogP contribution in [0.15, 0.2) is 12.1 Å². The van der Waals surface area contributed by atoms with E-state index in [4.69, 9.17) is 10.5 Å². The zero-order valence-electron chi connectivity index (χ0n) is 9.96. The van der Waals surface area contributed by atoms with Crippen molar-refractivity contribution in [2.45, 2.75) is 25.3 Å². The molecule has 2 rings (SSSR count). The highest BCUT2D eigenvalue weighted by molar-refractivity contribution is 5.22. The van der Waals surface area contributed by atoms with E-state index in [9.17, 15) is 13.2 Å². The topological polar surface area (TPSA) is 35.2 Å². The number of halogens is 3. The molecule has 1 saturated heterocycles. The number of benzene rings is 1. The summed E-state index contributed by atoms with van der Waals surface area (Å²) in [4.78, 5) is 0. The van der Waals surface area contributed by atoms with Gasteiger partial charge in [0.2, 0.25) is 0 Å². The van der Waals surface area contributed by atoms with E-state index < -0.39 is 23.5 Å². The summed E-state index contributed by atoms with van der Waals surface area (Å²) in [7, 11) is 0. The quantitative estimate of drug-likeness (QED) is 0.847. The molecule has 18 heavy (non-hydrogen) atoms. The maximum Gasteiger partial charge on any atom is 0.194 e. The maximum absolute atomic E-state index is 13.1. The highest BCUT2D eigenvalue weighted by Gasteiger charge is 2.20. The first-order chi connectivity index (χ1) is 8.58. The minimum absolute atomic E-state index is 0.304. The van der Waals surface area contributed by atoms with E-state index >= 15 is 0 Å². The normalized spacial score (nSPS) is 18.9. The lowest BCUT2D eigenvalue weighted by Gasteiger charge is -2.25. The molecule has 5 heteroatoms. The van der Waals surface area contributed by atoms with Gasteiger partial charge in [0.05, 0.1) is 0 Å². The molecule has 0 spiro atoms. The van der Waals surface area contributed by atoms with Crippen LogP contribution >= 0.6 is 0 Å². The smallest absolute Gasteiger partial charge is 0.194 e. The van der Waals surface area contributed by atoms with Crippen LogP contribution in [0.25, 0.3) is 0 Å². The summed E-state index contributed by atoms with van der Waals surface area (Å²) in [5.41, 5.74) is 6.22. The van der Waals surface area contributed by atoms with Gasteiger partial charge in [-0.15, -0.1) is 0 Å². The number of ether oxygens (including phenoxy) is 1. The molecule has 0 aromatic heterocycles. The van der Waals surface area contributed by atoms with Crippen LogP contribution in [-0.4, -0.2) is 13.2 Å². The third-order valence-corrected chi connectivity index (χ3v) is 3.36. The maximum atomic E-state index is 13.1. The Kier molecular flexibility index (Phi) is 4.24.